The summed E-state index contributed by atoms with van der Waals surface area (Å²) in [5.74, 6) is -0.164. The molecule has 1 spiro atoms. The van der Waals surface area contributed by atoms with Crippen molar-refractivity contribution in [3.63, 3.8) is 0 Å². The number of likely N-dealkylation sites (tertiary alicyclic amines) is 2. The van der Waals surface area contributed by atoms with Crippen LogP contribution in [0.1, 0.15) is 18.4 Å². The average Bonchev–Trinajstić information content (AvgIpc) is 2.50. The van der Waals surface area contributed by atoms with Crippen LogP contribution in [-0.2, 0) is 21.2 Å². The summed E-state index contributed by atoms with van der Waals surface area (Å²) < 4.78 is 35.8. The summed E-state index contributed by atoms with van der Waals surface area (Å²) in [6.45, 7) is 3.10. The molecule has 7 heteroatoms. The van der Waals surface area contributed by atoms with Crippen LogP contribution in [0.2, 0.25) is 0 Å². The Hall–Kier alpha value is -1.47. The molecular weight excluding hydrogens is 331 g/mol. The van der Waals surface area contributed by atoms with Crippen LogP contribution < -0.4 is 0 Å². The standard InChI is InChI=1S/C17H23FN2O3S/c1-24(22,23)9-8-20-13-17(16(20)21)6-3-7-19(12-17)11-14-4-2-5-15(18)10-14/h2,4-5,10H,3,6-9,11-13H2,1H3. The van der Waals surface area contributed by atoms with Crippen molar-refractivity contribution in [3.8, 4) is 0 Å². The van der Waals surface area contributed by atoms with E-state index in [1.807, 2.05) is 6.07 Å². The third-order valence-corrected chi connectivity index (χ3v) is 5.84. The van der Waals surface area contributed by atoms with Crippen molar-refractivity contribution in [2.75, 3.05) is 38.2 Å². The molecule has 0 saturated carbocycles. The number of hydrogen-bond donors (Lipinski definition) is 0. The number of piperidine rings is 1. The number of sulfone groups is 1. The zero-order valence-electron chi connectivity index (χ0n) is 13.9. The van der Waals surface area contributed by atoms with Crippen molar-refractivity contribution in [1.29, 1.82) is 0 Å². The Morgan fingerprint density at radius 1 is 1.29 bits per heavy atom. The second kappa shape index (κ2) is 6.44. The highest BCUT2D eigenvalue weighted by molar-refractivity contribution is 7.90. The second-order valence-corrected chi connectivity index (χ2v) is 9.34. The quantitative estimate of drug-likeness (QED) is 0.748. The molecule has 0 bridgehead atoms. The Labute approximate surface area is 142 Å². The Balaban J connectivity index is 1.59. The number of benzene rings is 1. The SMILES string of the molecule is CS(=O)(=O)CCN1CC2(CCCN(Cc3cccc(F)c3)C2)C1=O. The monoisotopic (exact) mass is 354 g/mol. The van der Waals surface area contributed by atoms with Gasteiger partial charge in [0.2, 0.25) is 5.91 Å². The van der Waals surface area contributed by atoms with Gasteiger partial charge in [0.05, 0.1) is 11.2 Å². The van der Waals surface area contributed by atoms with Gasteiger partial charge in [0.15, 0.2) is 0 Å². The average molecular weight is 354 g/mol. The first-order valence-corrected chi connectivity index (χ1v) is 10.3. The van der Waals surface area contributed by atoms with Crippen molar-refractivity contribution < 1.29 is 17.6 Å². The lowest BCUT2D eigenvalue weighted by Gasteiger charge is -2.53. The molecule has 0 N–H and O–H groups in total. The van der Waals surface area contributed by atoms with E-state index in [-0.39, 0.29) is 29.4 Å². The summed E-state index contributed by atoms with van der Waals surface area (Å²) in [5.41, 5.74) is 0.538. The lowest BCUT2D eigenvalue weighted by Crippen LogP contribution is -2.67. The molecule has 0 aliphatic carbocycles. The molecule has 24 heavy (non-hydrogen) atoms. The van der Waals surface area contributed by atoms with Crippen LogP contribution in [0.3, 0.4) is 0 Å². The van der Waals surface area contributed by atoms with E-state index < -0.39 is 9.84 Å². The maximum absolute atomic E-state index is 13.3. The molecule has 0 radical (unpaired) electrons. The van der Waals surface area contributed by atoms with Crippen molar-refractivity contribution >= 4 is 15.7 Å². The fraction of sp³-hybridized carbons (Fsp3) is 0.588. The molecule has 2 aliphatic rings. The van der Waals surface area contributed by atoms with Crippen LogP contribution >= 0.6 is 0 Å². The van der Waals surface area contributed by atoms with Gasteiger partial charge in [-0.3, -0.25) is 9.69 Å². The molecular formula is C17H23FN2O3S. The molecule has 3 rings (SSSR count). The molecule has 0 aromatic heterocycles. The fourth-order valence-electron chi connectivity index (χ4n) is 3.76. The Morgan fingerprint density at radius 2 is 2.08 bits per heavy atom. The van der Waals surface area contributed by atoms with E-state index in [4.69, 9.17) is 0 Å². The van der Waals surface area contributed by atoms with Gasteiger partial charge in [-0.2, -0.15) is 0 Å². The van der Waals surface area contributed by atoms with Gasteiger partial charge in [0.25, 0.3) is 0 Å². The van der Waals surface area contributed by atoms with Crippen LogP contribution in [0.25, 0.3) is 0 Å². The Bertz CT molecular complexity index is 737. The van der Waals surface area contributed by atoms with Gasteiger partial charge >= 0.3 is 0 Å². The summed E-state index contributed by atoms with van der Waals surface area (Å²) >= 11 is 0. The van der Waals surface area contributed by atoms with E-state index >= 15 is 0 Å². The van der Waals surface area contributed by atoms with E-state index in [1.165, 1.54) is 18.4 Å². The molecule has 1 aromatic carbocycles. The molecule has 2 heterocycles. The highest BCUT2D eigenvalue weighted by Gasteiger charge is 2.53. The van der Waals surface area contributed by atoms with Gasteiger partial charge in [-0.25, -0.2) is 12.8 Å². The van der Waals surface area contributed by atoms with E-state index in [9.17, 15) is 17.6 Å². The predicted octanol–water partition coefficient (Wildman–Crippen LogP) is 1.29. The van der Waals surface area contributed by atoms with E-state index in [1.54, 1.807) is 11.0 Å². The van der Waals surface area contributed by atoms with Crippen molar-refractivity contribution in [2.45, 2.75) is 19.4 Å². The predicted molar refractivity (Wildman–Crippen MR) is 89.6 cm³/mol. The first-order chi connectivity index (χ1) is 11.3. The summed E-state index contributed by atoms with van der Waals surface area (Å²) in [7, 11) is -3.06. The Morgan fingerprint density at radius 3 is 2.75 bits per heavy atom. The van der Waals surface area contributed by atoms with Crippen molar-refractivity contribution in [2.24, 2.45) is 5.41 Å². The van der Waals surface area contributed by atoms with Gasteiger partial charge in [-0.15, -0.1) is 0 Å². The molecule has 1 unspecified atom stereocenters. The van der Waals surface area contributed by atoms with Gasteiger partial charge in [0.1, 0.15) is 15.7 Å². The minimum atomic E-state index is -3.06. The zero-order valence-corrected chi connectivity index (χ0v) is 14.7. The number of halogens is 1. The molecule has 1 aromatic rings. The van der Waals surface area contributed by atoms with E-state index in [2.05, 4.69) is 4.90 Å². The fourth-order valence-corrected chi connectivity index (χ4v) is 4.32. The lowest BCUT2D eigenvalue weighted by molar-refractivity contribution is -0.165. The molecule has 2 aliphatic heterocycles. The summed E-state index contributed by atoms with van der Waals surface area (Å²) in [6, 6.07) is 6.55. The smallest absolute Gasteiger partial charge is 0.231 e. The highest BCUT2D eigenvalue weighted by Crippen LogP contribution is 2.40. The molecule has 1 amide bonds. The third kappa shape index (κ3) is 3.78. The van der Waals surface area contributed by atoms with Crippen LogP contribution in [-0.4, -0.2) is 62.3 Å². The van der Waals surface area contributed by atoms with Crippen LogP contribution in [0.5, 0.6) is 0 Å². The van der Waals surface area contributed by atoms with Crippen LogP contribution in [0.4, 0.5) is 4.39 Å². The third-order valence-electron chi connectivity index (χ3n) is 4.92. The van der Waals surface area contributed by atoms with Gasteiger partial charge in [0, 0.05) is 32.4 Å². The normalized spacial score (nSPS) is 25.1. The second-order valence-electron chi connectivity index (χ2n) is 7.08. The molecule has 2 saturated heterocycles. The van der Waals surface area contributed by atoms with Gasteiger partial charge < -0.3 is 4.90 Å². The highest BCUT2D eigenvalue weighted by atomic mass is 32.2. The first kappa shape index (κ1) is 17.4. The zero-order chi connectivity index (χ0) is 17.4. The van der Waals surface area contributed by atoms with Crippen molar-refractivity contribution in [3.05, 3.63) is 35.6 Å². The maximum atomic E-state index is 13.3. The number of amides is 1. The van der Waals surface area contributed by atoms with E-state index in [0.717, 1.165) is 24.9 Å². The molecule has 1 atom stereocenters. The van der Waals surface area contributed by atoms with Gasteiger partial charge in [-0.05, 0) is 37.1 Å². The topological polar surface area (TPSA) is 57.7 Å². The molecule has 5 nitrogen and oxygen atoms in total. The number of carbonyl (C=O) groups is 1. The summed E-state index contributed by atoms with van der Waals surface area (Å²) in [5, 5.41) is 0. The Kier molecular flexibility index (Phi) is 4.66. The first-order valence-electron chi connectivity index (χ1n) is 8.21. The largest absolute Gasteiger partial charge is 0.340 e. The molecule has 2 fully saturated rings. The summed E-state index contributed by atoms with van der Waals surface area (Å²) in [6.07, 6.45) is 2.97. The maximum Gasteiger partial charge on any atom is 0.231 e. The number of hydrogen-bond acceptors (Lipinski definition) is 4. The minimum Gasteiger partial charge on any atom is -0.340 e. The van der Waals surface area contributed by atoms with Crippen LogP contribution in [0, 0.1) is 11.2 Å². The van der Waals surface area contributed by atoms with Crippen LogP contribution in [0.15, 0.2) is 24.3 Å². The number of rotatable bonds is 5. The summed E-state index contributed by atoms with van der Waals surface area (Å²) in [4.78, 5) is 16.4. The van der Waals surface area contributed by atoms with Gasteiger partial charge in [-0.1, -0.05) is 12.1 Å². The number of carbonyl (C=O) groups excluding carboxylic acids is 1. The number of β-lactam (4-membered cyclic amide) rings is 1. The minimum absolute atomic E-state index is 0.0157. The van der Waals surface area contributed by atoms with Crippen molar-refractivity contribution in [1.82, 2.24) is 9.80 Å². The molecule has 132 valence electrons. The number of nitrogens with zero attached hydrogens (tertiary/aromatic N) is 2. The van der Waals surface area contributed by atoms with E-state index in [0.29, 0.717) is 19.6 Å². The lowest BCUT2D eigenvalue weighted by atomic mass is 9.72.